The smallest absolute Gasteiger partial charge is 0.118 e. The van der Waals surface area contributed by atoms with Gasteiger partial charge >= 0.3 is 0 Å². The van der Waals surface area contributed by atoms with Gasteiger partial charge in [-0.25, -0.2) is 0 Å². The Labute approximate surface area is 139 Å². The van der Waals surface area contributed by atoms with Crippen LogP contribution in [0.5, 0.6) is 5.75 Å². The van der Waals surface area contributed by atoms with E-state index in [4.69, 9.17) is 4.74 Å². The van der Waals surface area contributed by atoms with E-state index in [9.17, 15) is 0 Å². The second kappa shape index (κ2) is 7.61. The fourth-order valence-electron chi connectivity index (χ4n) is 3.69. The molecular formula is C17H27BrN2O. The average Bonchev–Trinajstić information content (AvgIpc) is 2.96. The Hall–Kier alpha value is -0.580. The Kier molecular flexibility index (Phi) is 6.08. The molecule has 2 heterocycles. The van der Waals surface area contributed by atoms with Crippen LogP contribution in [-0.2, 0) is 6.42 Å². The molecule has 2 saturated heterocycles. The minimum absolute atomic E-state index is 0. The molecule has 0 aliphatic carbocycles. The largest absolute Gasteiger partial charge is 1.00 e. The van der Waals surface area contributed by atoms with Gasteiger partial charge < -0.3 is 26.2 Å². The maximum absolute atomic E-state index is 5.20. The van der Waals surface area contributed by atoms with E-state index < -0.39 is 0 Å². The van der Waals surface area contributed by atoms with Crippen molar-refractivity contribution < 1.29 is 26.2 Å². The molecule has 0 aromatic heterocycles. The molecule has 3 rings (SSSR count). The Balaban J connectivity index is 0.00000161. The van der Waals surface area contributed by atoms with E-state index in [1.54, 1.807) is 7.11 Å². The van der Waals surface area contributed by atoms with Gasteiger partial charge in [0.1, 0.15) is 5.75 Å². The quantitative estimate of drug-likeness (QED) is 0.654. The zero-order valence-electron chi connectivity index (χ0n) is 13.1. The number of rotatable bonds is 4. The van der Waals surface area contributed by atoms with Crippen LogP contribution < -0.4 is 21.7 Å². The van der Waals surface area contributed by atoms with Gasteiger partial charge in [0, 0.05) is 32.5 Å². The van der Waals surface area contributed by atoms with Crippen molar-refractivity contribution in [3.8, 4) is 5.75 Å². The number of benzene rings is 1. The number of halogens is 1. The second-order valence-corrected chi connectivity index (χ2v) is 6.38. The van der Waals surface area contributed by atoms with Gasteiger partial charge in [-0.15, -0.1) is 0 Å². The number of methoxy groups -OCH3 is 1. The molecule has 2 aliphatic heterocycles. The molecule has 3 nitrogen and oxygen atoms in total. The van der Waals surface area contributed by atoms with E-state index in [0.29, 0.717) is 0 Å². The van der Waals surface area contributed by atoms with Crippen molar-refractivity contribution in [3.63, 3.8) is 0 Å². The van der Waals surface area contributed by atoms with E-state index in [-0.39, 0.29) is 17.0 Å². The van der Waals surface area contributed by atoms with Gasteiger partial charge in [0.15, 0.2) is 0 Å². The molecule has 0 amide bonds. The van der Waals surface area contributed by atoms with Gasteiger partial charge in [0.05, 0.1) is 33.3 Å². The van der Waals surface area contributed by atoms with Crippen LogP contribution in [0.4, 0.5) is 0 Å². The van der Waals surface area contributed by atoms with E-state index in [2.05, 4.69) is 29.2 Å². The Morgan fingerprint density at radius 3 is 2.19 bits per heavy atom. The molecule has 0 bridgehead atoms. The molecule has 0 N–H and O–H groups in total. The lowest BCUT2D eigenvalue weighted by Gasteiger charge is -2.42. The van der Waals surface area contributed by atoms with Crippen LogP contribution in [0.15, 0.2) is 24.3 Å². The van der Waals surface area contributed by atoms with Crippen LogP contribution in [0.25, 0.3) is 0 Å². The predicted octanol–water partition coefficient (Wildman–Crippen LogP) is -0.832. The maximum atomic E-state index is 5.20. The summed E-state index contributed by atoms with van der Waals surface area (Å²) in [5.74, 6) is 0.951. The summed E-state index contributed by atoms with van der Waals surface area (Å²) in [6, 6.07) is 8.51. The van der Waals surface area contributed by atoms with Gasteiger partial charge in [0.2, 0.25) is 0 Å². The van der Waals surface area contributed by atoms with Crippen molar-refractivity contribution >= 4 is 0 Å². The van der Waals surface area contributed by atoms with Crippen molar-refractivity contribution in [2.45, 2.75) is 19.3 Å². The minimum Gasteiger partial charge on any atom is -1.00 e. The Morgan fingerprint density at radius 2 is 1.62 bits per heavy atom. The first kappa shape index (κ1) is 16.8. The molecule has 1 aromatic carbocycles. The van der Waals surface area contributed by atoms with Gasteiger partial charge in [-0.3, -0.25) is 4.90 Å². The minimum atomic E-state index is 0. The summed E-state index contributed by atoms with van der Waals surface area (Å²) in [7, 11) is 1.72. The predicted molar refractivity (Wildman–Crippen MR) is 82.1 cm³/mol. The summed E-state index contributed by atoms with van der Waals surface area (Å²) >= 11 is 0. The summed E-state index contributed by atoms with van der Waals surface area (Å²) in [6.07, 6.45) is 4.06. The number of hydrogen-bond acceptors (Lipinski definition) is 2. The third-order valence-electron chi connectivity index (χ3n) is 5.17. The summed E-state index contributed by atoms with van der Waals surface area (Å²) in [6.45, 7) is 9.41. The van der Waals surface area contributed by atoms with Crippen LogP contribution in [0, 0.1) is 0 Å². The highest BCUT2D eigenvalue weighted by atomic mass is 79.9. The fraction of sp³-hybridized carbons (Fsp3) is 0.647. The normalized spacial score (nSPS) is 21.2. The Morgan fingerprint density at radius 1 is 1.00 bits per heavy atom. The van der Waals surface area contributed by atoms with Crippen molar-refractivity contribution in [1.82, 2.24) is 4.90 Å². The number of piperazine rings is 1. The zero-order valence-corrected chi connectivity index (χ0v) is 14.6. The van der Waals surface area contributed by atoms with E-state index in [1.165, 1.54) is 68.7 Å². The molecule has 1 aromatic rings. The molecule has 2 fully saturated rings. The monoisotopic (exact) mass is 354 g/mol. The highest BCUT2D eigenvalue weighted by Crippen LogP contribution is 2.22. The summed E-state index contributed by atoms with van der Waals surface area (Å²) in [5.41, 5.74) is 1.42. The first-order chi connectivity index (χ1) is 9.80. The molecule has 0 unspecified atom stereocenters. The molecule has 1 spiro atoms. The average molecular weight is 355 g/mol. The number of quaternary nitrogens is 1. The van der Waals surface area contributed by atoms with Crippen LogP contribution in [0.2, 0.25) is 0 Å². The molecule has 2 aliphatic rings. The van der Waals surface area contributed by atoms with Crippen LogP contribution >= 0.6 is 0 Å². The first-order valence-electron chi connectivity index (χ1n) is 8.00. The molecule has 118 valence electrons. The summed E-state index contributed by atoms with van der Waals surface area (Å²) in [5, 5.41) is 0. The third-order valence-corrected chi connectivity index (χ3v) is 5.17. The van der Waals surface area contributed by atoms with Gasteiger partial charge in [0.25, 0.3) is 0 Å². The van der Waals surface area contributed by atoms with Gasteiger partial charge in [-0.2, -0.15) is 0 Å². The van der Waals surface area contributed by atoms with Crippen molar-refractivity contribution in [3.05, 3.63) is 29.8 Å². The number of hydrogen-bond donors (Lipinski definition) is 0. The Bertz CT molecular complexity index is 419. The molecule has 0 atom stereocenters. The number of nitrogens with zero attached hydrogens (tertiary/aromatic N) is 2. The SMILES string of the molecule is COc1ccc(CCN2CC[N+]3(CCCC3)CC2)cc1.[Br-]. The van der Waals surface area contributed by atoms with E-state index >= 15 is 0 Å². The maximum Gasteiger partial charge on any atom is 0.118 e. The molecule has 4 heteroatoms. The van der Waals surface area contributed by atoms with E-state index in [0.717, 1.165) is 12.2 Å². The van der Waals surface area contributed by atoms with Crippen LogP contribution in [-0.4, -0.2) is 62.3 Å². The molecular weight excluding hydrogens is 328 g/mol. The van der Waals surface area contributed by atoms with Crippen LogP contribution in [0.3, 0.4) is 0 Å². The lowest BCUT2D eigenvalue weighted by atomic mass is 10.1. The van der Waals surface area contributed by atoms with Crippen molar-refractivity contribution in [2.75, 3.05) is 52.9 Å². The molecule has 21 heavy (non-hydrogen) atoms. The summed E-state index contributed by atoms with van der Waals surface area (Å²) < 4.78 is 6.62. The number of ether oxygens (including phenoxy) is 1. The van der Waals surface area contributed by atoms with Gasteiger partial charge in [-0.1, -0.05) is 12.1 Å². The first-order valence-corrected chi connectivity index (χ1v) is 8.00. The van der Waals surface area contributed by atoms with E-state index in [1.807, 2.05) is 0 Å². The van der Waals surface area contributed by atoms with Crippen molar-refractivity contribution in [2.24, 2.45) is 0 Å². The molecule has 0 radical (unpaired) electrons. The van der Waals surface area contributed by atoms with Gasteiger partial charge in [-0.05, 0) is 24.1 Å². The molecule has 0 saturated carbocycles. The third kappa shape index (κ3) is 4.21. The van der Waals surface area contributed by atoms with Crippen LogP contribution in [0.1, 0.15) is 18.4 Å². The lowest BCUT2D eigenvalue weighted by molar-refractivity contribution is -0.920. The highest BCUT2D eigenvalue weighted by Gasteiger charge is 2.35. The summed E-state index contributed by atoms with van der Waals surface area (Å²) in [4.78, 5) is 2.64. The second-order valence-electron chi connectivity index (χ2n) is 6.38. The zero-order chi connectivity index (χ0) is 13.8. The van der Waals surface area contributed by atoms with Crippen molar-refractivity contribution in [1.29, 1.82) is 0 Å². The lowest BCUT2D eigenvalue weighted by Crippen LogP contribution is -3.00. The highest BCUT2D eigenvalue weighted by molar-refractivity contribution is 5.27. The topological polar surface area (TPSA) is 12.5 Å². The standard InChI is InChI=1S/C17H27N2O.BrH/c1-20-17-6-4-16(5-7-17)8-9-18-10-14-19(15-11-18)12-2-3-13-19;/h4-7H,2-3,8-15H2,1H3;1H/q+1;/p-1. The fourth-order valence-corrected chi connectivity index (χ4v) is 3.69.